The van der Waals surface area contributed by atoms with Crippen LogP contribution < -0.4 is 0 Å². The van der Waals surface area contributed by atoms with Gasteiger partial charge in [-0.3, -0.25) is 0 Å². The third-order valence-electron chi connectivity index (χ3n) is 12.5. The fourth-order valence-corrected chi connectivity index (χ4v) is 10.1. The Kier molecular flexibility index (Phi) is 6.48. The van der Waals surface area contributed by atoms with Crippen molar-refractivity contribution in [1.82, 2.24) is 4.40 Å². The number of nitrogens with zero attached hydrogens (tertiary/aromatic N) is 1. The first-order valence-electron chi connectivity index (χ1n) is 19.5. The van der Waals surface area contributed by atoms with Crippen LogP contribution in [0.25, 0.3) is 120 Å². The van der Waals surface area contributed by atoms with Gasteiger partial charge >= 0.3 is 0 Å². The summed E-state index contributed by atoms with van der Waals surface area (Å²) in [6, 6.07) is 61.2. The lowest BCUT2D eigenvalue weighted by Crippen LogP contribution is -1.90. The highest BCUT2D eigenvalue weighted by atomic mass is 14.9. The molecule has 0 atom stereocenters. The Bertz CT molecular complexity index is 3630. The van der Waals surface area contributed by atoms with Crippen LogP contribution in [0.5, 0.6) is 0 Å². The summed E-state index contributed by atoms with van der Waals surface area (Å²) < 4.78 is 2.52. The molecule has 1 nitrogen and oxygen atoms in total. The largest absolute Gasteiger partial charge is 0.308 e. The lowest BCUT2D eigenvalue weighted by atomic mass is 9.89. The second kappa shape index (κ2) is 11.6. The van der Waals surface area contributed by atoms with Crippen LogP contribution in [-0.2, 0) is 0 Å². The van der Waals surface area contributed by atoms with Crippen molar-refractivity contribution < 1.29 is 0 Å². The van der Waals surface area contributed by atoms with Crippen molar-refractivity contribution in [2.75, 3.05) is 0 Å². The molecule has 0 radical (unpaired) electrons. The second-order valence-corrected chi connectivity index (χ2v) is 15.2. The topological polar surface area (TPSA) is 4.41 Å². The Labute approximate surface area is 324 Å². The Balaban J connectivity index is 1.10. The van der Waals surface area contributed by atoms with Gasteiger partial charge in [-0.25, -0.2) is 0 Å². The van der Waals surface area contributed by atoms with Gasteiger partial charge in [0.2, 0.25) is 0 Å². The molecule has 260 valence electrons. The van der Waals surface area contributed by atoms with Gasteiger partial charge in [0, 0.05) is 21.5 Å². The number of benzene rings is 10. The number of hydrogen-bond donors (Lipinski definition) is 0. The molecule has 2 heterocycles. The minimum absolute atomic E-state index is 1.23. The summed E-state index contributed by atoms with van der Waals surface area (Å²) in [6.45, 7) is 6.16. The SMILES string of the molecule is C=C/C=C\c1c(C)c2ccc(-c3cccc4c3c3cccc5c6c(-c7ccc8c9ccccc9c9ccccc9c8c7)cccc6n4c35)cc2c2ccccc12. The lowest BCUT2D eigenvalue weighted by molar-refractivity contribution is 1.37. The smallest absolute Gasteiger partial charge is 0.0620 e. The molecule has 0 saturated heterocycles. The van der Waals surface area contributed by atoms with Crippen LogP contribution in [0.15, 0.2) is 183 Å². The molecule has 12 aromatic rings. The first kappa shape index (κ1) is 31.2. The molecule has 0 saturated carbocycles. The molecule has 10 aromatic carbocycles. The monoisotopic (exact) mass is 709 g/mol. The zero-order valence-corrected chi connectivity index (χ0v) is 31.0. The summed E-state index contributed by atoms with van der Waals surface area (Å²) in [6.07, 6.45) is 6.08. The first-order valence-corrected chi connectivity index (χ1v) is 19.5. The Hall–Kier alpha value is -7.22. The van der Waals surface area contributed by atoms with Gasteiger partial charge in [-0.05, 0) is 118 Å². The summed E-state index contributed by atoms with van der Waals surface area (Å²) >= 11 is 0. The average Bonchev–Trinajstić information content (AvgIpc) is 3.79. The molecular weight excluding hydrogens is 675 g/mol. The van der Waals surface area contributed by atoms with Gasteiger partial charge < -0.3 is 4.40 Å². The van der Waals surface area contributed by atoms with Crippen molar-refractivity contribution in [3.8, 4) is 22.3 Å². The van der Waals surface area contributed by atoms with E-state index in [1.807, 2.05) is 12.2 Å². The maximum Gasteiger partial charge on any atom is 0.0620 e. The highest BCUT2D eigenvalue weighted by molar-refractivity contribution is 6.29. The number of para-hydroxylation sites is 1. The molecule has 0 spiro atoms. The van der Waals surface area contributed by atoms with Gasteiger partial charge in [-0.1, -0.05) is 164 Å². The van der Waals surface area contributed by atoms with Crippen LogP contribution in [-0.4, -0.2) is 4.40 Å². The van der Waals surface area contributed by atoms with Crippen molar-refractivity contribution in [2.24, 2.45) is 0 Å². The van der Waals surface area contributed by atoms with E-state index in [1.165, 1.54) is 125 Å². The van der Waals surface area contributed by atoms with E-state index >= 15 is 0 Å². The lowest BCUT2D eigenvalue weighted by Gasteiger charge is -2.14. The van der Waals surface area contributed by atoms with E-state index in [0.717, 1.165) is 0 Å². The van der Waals surface area contributed by atoms with E-state index in [4.69, 9.17) is 0 Å². The molecule has 0 unspecified atom stereocenters. The molecule has 0 aliphatic carbocycles. The van der Waals surface area contributed by atoms with Gasteiger partial charge in [0.1, 0.15) is 0 Å². The molecule has 0 fully saturated rings. The minimum atomic E-state index is 1.23. The van der Waals surface area contributed by atoms with Crippen LogP contribution in [0.3, 0.4) is 0 Å². The third kappa shape index (κ3) is 4.15. The van der Waals surface area contributed by atoms with Crippen LogP contribution in [0.4, 0.5) is 0 Å². The second-order valence-electron chi connectivity index (χ2n) is 15.2. The Morgan fingerprint density at radius 3 is 1.39 bits per heavy atom. The quantitative estimate of drug-likeness (QED) is 0.127. The molecule has 2 aromatic heterocycles. The zero-order valence-electron chi connectivity index (χ0n) is 31.0. The Morgan fingerprint density at radius 1 is 0.411 bits per heavy atom. The molecule has 0 N–H and O–H groups in total. The highest BCUT2D eigenvalue weighted by Gasteiger charge is 2.22. The van der Waals surface area contributed by atoms with Crippen molar-refractivity contribution >= 4 is 98.0 Å². The van der Waals surface area contributed by atoms with Crippen molar-refractivity contribution in [3.05, 3.63) is 194 Å². The summed E-state index contributed by atoms with van der Waals surface area (Å²) in [4.78, 5) is 0. The number of rotatable bonds is 4. The van der Waals surface area contributed by atoms with Crippen molar-refractivity contribution in [1.29, 1.82) is 0 Å². The van der Waals surface area contributed by atoms with E-state index in [0.29, 0.717) is 0 Å². The maximum atomic E-state index is 3.92. The predicted octanol–water partition coefficient (Wildman–Crippen LogP) is 15.4. The van der Waals surface area contributed by atoms with Gasteiger partial charge in [-0.2, -0.15) is 0 Å². The number of aromatic nitrogens is 1. The van der Waals surface area contributed by atoms with Crippen LogP contribution in [0.1, 0.15) is 11.1 Å². The summed E-state index contributed by atoms with van der Waals surface area (Å²) in [5, 5.41) is 18.1. The molecule has 0 aliphatic heterocycles. The standard InChI is InChI=1S/C55H35N/c1-3-4-14-36-33(2)37-29-27-34(31-49(37)44-19-9-5-15-40(36)44)38-21-12-25-51-53(38)47-23-11-24-48-54-39(22-13-26-52(54)56(51)55(47)48)35-28-30-46-43-18-7-6-16-41(43)42-17-8-10-20-45(42)50(46)32-35/h3-32H,1H2,2H3/b14-4-. The van der Waals surface area contributed by atoms with Crippen molar-refractivity contribution in [3.63, 3.8) is 0 Å². The minimum Gasteiger partial charge on any atom is -0.308 e. The van der Waals surface area contributed by atoms with Gasteiger partial charge in [0.05, 0.1) is 16.6 Å². The molecular formula is C55H35N. The molecule has 12 rings (SSSR count). The molecule has 56 heavy (non-hydrogen) atoms. The number of fused-ring (bicyclic) bond motifs is 15. The normalized spacial score (nSPS) is 12.4. The average molecular weight is 710 g/mol. The fourth-order valence-electron chi connectivity index (χ4n) is 10.1. The molecule has 0 bridgehead atoms. The summed E-state index contributed by atoms with van der Waals surface area (Å²) in [5.74, 6) is 0. The first-order chi connectivity index (χ1) is 27.7. The van der Waals surface area contributed by atoms with E-state index < -0.39 is 0 Å². The van der Waals surface area contributed by atoms with E-state index in [9.17, 15) is 0 Å². The van der Waals surface area contributed by atoms with Gasteiger partial charge in [-0.15, -0.1) is 0 Å². The van der Waals surface area contributed by atoms with Crippen LogP contribution in [0.2, 0.25) is 0 Å². The van der Waals surface area contributed by atoms with E-state index in [2.05, 4.69) is 188 Å². The van der Waals surface area contributed by atoms with Crippen LogP contribution >= 0.6 is 0 Å². The number of allylic oxidation sites excluding steroid dienone is 2. The Morgan fingerprint density at radius 2 is 0.839 bits per heavy atom. The fraction of sp³-hybridized carbons (Fsp3) is 0.0182. The highest BCUT2D eigenvalue weighted by Crippen LogP contribution is 2.47. The van der Waals surface area contributed by atoms with Crippen LogP contribution in [0, 0.1) is 6.92 Å². The summed E-state index contributed by atoms with van der Waals surface area (Å²) in [5.41, 5.74) is 11.3. The number of hydrogen-bond acceptors (Lipinski definition) is 0. The molecule has 0 aliphatic rings. The maximum absolute atomic E-state index is 3.92. The third-order valence-corrected chi connectivity index (χ3v) is 12.5. The van der Waals surface area contributed by atoms with E-state index in [1.54, 1.807) is 0 Å². The zero-order chi connectivity index (χ0) is 37.1. The summed E-state index contributed by atoms with van der Waals surface area (Å²) in [7, 11) is 0. The van der Waals surface area contributed by atoms with Gasteiger partial charge in [0.25, 0.3) is 0 Å². The number of aryl methyl sites for hydroxylation is 1. The molecule has 0 amide bonds. The molecule has 1 heteroatoms. The van der Waals surface area contributed by atoms with E-state index in [-0.39, 0.29) is 0 Å². The predicted molar refractivity (Wildman–Crippen MR) is 243 cm³/mol. The van der Waals surface area contributed by atoms with Gasteiger partial charge in [0.15, 0.2) is 0 Å². The van der Waals surface area contributed by atoms with Crippen molar-refractivity contribution in [2.45, 2.75) is 6.92 Å².